The fourth-order valence-electron chi connectivity index (χ4n) is 2.26. The summed E-state index contributed by atoms with van der Waals surface area (Å²) in [6.45, 7) is 6.55. The fourth-order valence-corrected chi connectivity index (χ4v) is 2.26. The normalized spacial score (nSPS) is 10.7. The quantitative estimate of drug-likeness (QED) is 0.725. The van der Waals surface area contributed by atoms with Crippen molar-refractivity contribution in [2.45, 2.75) is 33.6 Å². The number of benzene rings is 1. The van der Waals surface area contributed by atoms with Gasteiger partial charge in [-0.3, -0.25) is 0 Å². The first-order valence-corrected chi connectivity index (χ1v) is 5.97. The number of para-hydroxylation sites is 1. The van der Waals surface area contributed by atoms with Crippen molar-refractivity contribution in [1.29, 1.82) is 0 Å². The van der Waals surface area contributed by atoms with Gasteiger partial charge in [0.05, 0.1) is 0 Å². The van der Waals surface area contributed by atoms with Crippen LogP contribution in [0.4, 0.5) is 0 Å². The molecule has 1 nitrogen and oxygen atoms in total. The maximum atomic E-state index is 2.34. The van der Waals surface area contributed by atoms with Gasteiger partial charge in [-0.15, -0.1) is 0 Å². The second-order valence-electron chi connectivity index (χ2n) is 4.33. The van der Waals surface area contributed by atoms with Crippen LogP contribution >= 0.6 is 0 Å². The highest BCUT2D eigenvalue weighted by molar-refractivity contribution is 5.44. The average molecular weight is 213 g/mol. The average Bonchev–Trinajstić information content (AvgIpc) is 2.60. The molecule has 2 aromatic rings. The molecule has 16 heavy (non-hydrogen) atoms. The van der Waals surface area contributed by atoms with E-state index in [4.69, 9.17) is 0 Å². The Labute approximate surface area is 97.7 Å². The molecule has 1 aromatic carbocycles. The molecule has 0 fully saturated rings. The van der Waals surface area contributed by atoms with Gasteiger partial charge in [0.2, 0.25) is 0 Å². The molecular weight excluding hydrogens is 194 g/mol. The highest BCUT2D eigenvalue weighted by atomic mass is 15.0. The number of rotatable bonds is 3. The molecule has 0 saturated carbocycles. The van der Waals surface area contributed by atoms with E-state index in [0.29, 0.717) is 0 Å². The third-order valence-corrected chi connectivity index (χ3v) is 3.02. The predicted molar refractivity (Wildman–Crippen MR) is 69.2 cm³/mol. The van der Waals surface area contributed by atoms with Gasteiger partial charge in [0.25, 0.3) is 0 Å². The minimum atomic E-state index is 1.15. The van der Waals surface area contributed by atoms with Gasteiger partial charge in [-0.05, 0) is 44.0 Å². The van der Waals surface area contributed by atoms with E-state index >= 15 is 0 Å². The molecule has 0 aliphatic carbocycles. The lowest BCUT2D eigenvalue weighted by atomic mass is 10.1. The zero-order valence-corrected chi connectivity index (χ0v) is 10.3. The van der Waals surface area contributed by atoms with Crippen LogP contribution in [0.1, 0.15) is 30.3 Å². The van der Waals surface area contributed by atoms with Crippen LogP contribution in [0.5, 0.6) is 0 Å². The largest absolute Gasteiger partial charge is 0.318 e. The van der Waals surface area contributed by atoms with Gasteiger partial charge < -0.3 is 4.57 Å². The minimum Gasteiger partial charge on any atom is -0.318 e. The molecule has 0 aliphatic rings. The molecule has 0 amide bonds. The van der Waals surface area contributed by atoms with E-state index in [-0.39, 0.29) is 0 Å². The summed E-state index contributed by atoms with van der Waals surface area (Å²) in [6, 6.07) is 13.1. The van der Waals surface area contributed by atoms with Gasteiger partial charge in [0.15, 0.2) is 0 Å². The first-order chi connectivity index (χ1) is 7.74. The number of nitrogens with zero attached hydrogens (tertiary/aromatic N) is 1. The van der Waals surface area contributed by atoms with Crippen LogP contribution in [-0.2, 0) is 6.42 Å². The summed E-state index contributed by atoms with van der Waals surface area (Å²) in [5, 5.41) is 0. The van der Waals surface area contributed by atoms with Crippen LogP contribution in [0.25, 0.3) is 5.69 Å². The molecule has 1 heterocycles. The van der Waals surface area contributed by atoms with Crippen molar-refractivity contribution in [3.8, 4) is 5.69 Å². The van der Waals surface area contributed by atoms with Crippen molar-refractivity contribution >= 4 is 0 Å². The Bertz CT molecular complexity index is 460. The van der Waals surface area contributed by atoms with E-state index in [1.807, 2.05) is 0 Å². The summed E-state index contributed by atoms with van der Waals surface area (Å²) < 4.78 is 2.34. The highest BCUT2D eigenvalue weighted by Crippen LogP contribution is 2.21. The minimum absolute atomic E-state index is 1.15. The van der Waals surface area contributed by atoms with Crippen molar-refractivity contribution in [2.75, 3.05) is 0 Å². The van der Waals surface area contributed by atoms with Gasteiger partial charge in [0, 0.05) is 17.1 Å². The number of hydrogen-bond donors (Lipinski definition) is 0. The molecule has 0 saturated heterocycles. The Morgan fingerprint density at radius 2 is 1.56 bits per heavy atom. The SMILES string of the molecule is CCCc1ccccc1-n1c(C)ccc1C. The van der Waals surface area contributed by atoms with Crippen LogP contribution in [0.3, 0.4) is 0 Å². The van der Waals surface area contributed by atoms with Gasteiger partial charge in [0.1, 0.15) is 0 Å². The molecule has 0 bridgehead atoms. The second-order valence-corrected chi connectivity index (χ2v) is 4.33. The lowest BCUT2D eigenvalue weighted by Gasteiger charge is -2.14. The Hall–Kier alpha value is -1.50. The van der Waals surface area contributed by atoms with E-state index in [2.05, 4.69) is 61.7 Å². The summed E-state index contributed by atoms with van der Waals surface area (Å²) in [4.78, 5) is 0. The maximum Gasteiger partial charge on any atom is 0.0486 e. The molecule has 0 unspecified atom stereocenters. The number of hydrogen-bond acceptors (Lipinski definition) is 0. The molecule has 1 heteroatoms. The zero-order valence-electron chi connectivity index (χ0n) is 10.3. The molecule has 2 rings (SSSR count). The van der Waals surface area contributed by atoms with E-state index in [1.165, 1.54) is 29.1 Å². The summed E-state index contributed by atoms with van der Waals surface area (Å²) >= 11 is 0. The summed E-state index contributed by atoms with van der Waals surface area (Å²) in [6.07, 6.45) is 2.34. The Kier molecular flexibility index (Phi) is 3.14. The van der Waals surface area contributed by atoms with Crippen molar-refractivity contribution in [2.24, 2.45) is 0 Å². The molecule has 0 spiro atoms. The Balaban J connectivity index is 2.55. The Morgan fingerprint density at radius 1 is 0.938 bits per heavy atom. The smallest absolute Gasteiger partial charge is 0.0486 e. The maximum absolute atomic E-state index is 2.34. The standard InChI is InChI=1S/C15H19N/c1-4-7-14-8-5-6-9-15(14)16-12(2)10-11-13(16)3/h5-6,8-11H,4,7H2,1-3H3. The molecule has 0 aliphatic heterocycles. The van der Waals surface area contributed by atoms with E-state index in [0.717, 1.165) is 6.42 Å². The first kappa shape index (κ1) is 11.0. The molecule has 0 radical (unpaired) electrons. The van der Waals surface area contributed by atoms with Crippen LogP contribution in [0.15, 0.2) is 36.4 Å². The number of aryl methyl sites for hydroxylation is 3. The Morgan fingerprint density at radius 3 is 2.19 bits per heavy atom. The third-order valence-electron chi connectivity index (χ3n) is 3.02. The summed E-state index contributed by atoms with van der Waals surface area (Å²) in [5.41, 5.74) is 5.39. The van der Waals surface area contributed by atoms with Gasteiger partial charge in [-0.25, -0.2) is 0 Å². The molecule has 1 aromatic heterocycles. The van der Waals surface area contributed by atoms with Gasteiger partial charge >= 0.3 is 0 Å². The van der Waals surface area contributed by atoms with E-state index in [9.17, 15) is 0 Å². The van der Waals surface area contributed by atoms with Gasteiger partial charge in [-0.2, -0.15) is 0 Å². The van der Waals surface area contributed by atoms with Crippen LogP contribution < -0.4 is 0 Å². The molecule has 0 N–H and O–H groups in total. The molecule has 0 atom stereocenters. The first-order valence-electron chi connectivity index (χ1n) is 5.97. The zero-order chi connectivity index (χ0) is 11.5. The lowest BCUT2D eigenvalue weighted by Crippen LogP contribution is -2.02. The fraction of sp³-hybridized carbons (Fsp3) is 0.333. The van der Waals surface area contributed by atoms with E-state index in [1.54, 1.807) is 0 Å². The topological polar surface area (TPSA) is 4.93 Å². The third kappa shape index (κ3) is 1.90. The molecular formula is C15H19N. The predicted octanol–water partition coefficient (Wildman–Crippen LogP) is 4.05. The van der Waals surface area contributed by atoms with Crippen LogP contribution in [-0.4, -0.2) is 4.57 Å². The van der Waals surface area contributed by atoms with Crippen molar-refractivity contribution in [3.05, 3.63) is 53.3 Å². The van der Waals surface area contributed by atoms with Crippen molar-refractivity contribution < 1.29 is 0 Å². The van der Waals surface area contributed by atoms with Crippen LogP contribution in [0, 0.1) is 13.8 Å². The van der Waals surface area contributed by atoms with Crippen LogP contribution in [0.2, 0.25) is 0 Å². The van der Waals surface area contributed by atoms with Gasteiger partial charge in [-0.1, -0.05) is 31.5 Å². The number of aromatic nitrogens is 1. The second kappa shape index (κ2) is 4.56. The lowest BCUT2D eigenvalue weighted by molar-refractivity contribution is 0.881. The van der Waals surface area contributed by atoms with E-state index < -0.39 is 0 Å². The van der Waals surface area contributed by atoms with Crippen molar-refractivity contribution in [3.63, 3.8) is 0 Å². The summed E-state index contributed by atoms with van der Waals surface area (Å²) in [7, 11) is 0. The summed E-state index contributed by atoms with van der Waals surface area (Å²) in [5.74, 6) is 0. The monoisotopic (exact) mass is 213 g/mol. The van der Waals surface area contributed by atoms with Crippen molar-refractivity contribution in [1.82, 2.24) is 4.57 Å². The molecule has 84 valence electrons. The highest BCUT2D eigenvalue weighted by Gasteiger charge is 2.07.